The number of carbonyl (C=O) groups is 1. The quantitative estimate of drug-likeness (QED) is 0.925. The van der Waals surface area contributed by atoms with Gasteiger partial charge in [-0.3, -0.25) is 4.79 Å². The normalized spacial score (nSPS) is 19.5. The van der Waals surface area contributed by atoms with Gasteiger partial charge in [0.15, 0.2) is 0 Å². The van der Waals surface area contributed by atoms with Crippen molar-refractivity contribution in [2.45, 2.75) is 26.2 Å². The molecule has 1 aromatic carbocycles. The highest BCUT2D eigenvalue weighted by atomic mass is 35.5. The number of rotatable bonds is 3. The van der Waals surface area contributed by atoms with E-state index in [2.05, 4.69) is 0 Å². The molecule has 1 saturated heterocycles. The molecule has 0 radical (unpaired) electrons. The van der Waals surface area contributed by atoms with E-state index in [1.54, 1.807) is 0 Å². The van der Waals surface area contributed by atoms with Crippen LogP contribution in [0, 0.1) is 12.8 Å². The maximum atomic E-state index is 12.5. The third kappa shape index (κ3) is 3.28. The van der Waals surface area contributed by atoms with Crippen LogP contribution >= 0.6 is 11.6 Å². The van der Waals surface area contributed by atoms with Crippen molar-refractivity contribution in [2.24, 2.45) is 11.7 Å². The van der Waals surface area contributed by atoms with Crippen LogP contribution in [0.4, 0.5) is 0 Å². The average molecular weight is 281 g/mol. The molecule has 1 unspecified atom stereocenters. The Morgan fingerprint density at radius 1 is 1.53 bits per heavy atom. The minimum Gasteiger partial charge on any atom is -0.338 e. The van der Waals surface area contributed by atoms with Gasteiger partial charge < -0.3 is 10.6 Å². The van der Waals surface area contributed by atoms with E-state index in [1.807, 2.05) is 30.0 Å². The highest BCUT2D eigenvalue weighted by Gasteiger charge is 2.25. The van der Waals surface area contributed by atoms with Crippen LogP contribution in [0.25, 0.3) is 0 Å². The van der Waals surface area contributed by atoms with Gasteiger partial charge in [0.2, 0.25) is 0 Å². The summed E-state index contributed by atoms with van der Waals surface area (Å²) in [6.45, 7) is 4.24. The van der Waals surface area contributed by atoms with Gasteiger partial charge in [0, 0.05) is 13.1 Å². The number of nitrogens with two attached hydrogens (primary N) is 1. The van der Waals surface area contributed by atoms with Crippen molar-refractivity contribution in [3.05, 3.63) is 34.3 Å². The van der Waals surface area contributed by atoms with Gasteiger partial charge in [0.1, 0.15) is 0 Å². The number of halogens is 1. The first kappa shape index (κ1) is 14.4. The van der Waals surface area contributed by atoms with E-state index in [4.69, 9.17) is 17.3 Å². The van der Waals surface area contributed by atoms with E-state index >= 15 is 0 Å². The Labute approximate surface area is 119 Å². The molecule has 0 spiro atoms. The number of carbonyl (C=O) groups excluding carboxylic acids is 1. The lowest BCUT2D eigenvalue weighted by Gasteiger charge is -2.33. The average Bonchev–Trinajstić information content (AvgIpc) is 2.42. The molecule has 0 saturated carbocycles. The van der Waals surface area contributed by atoms with E-state index in [0.29, 0.717) is 23.0 Å². The Balaban J connectivity index is 2.12. The summed E-state index contributed by atoms with van der Waals surface area (Å²) in [6.07, 6.45) is 3.22. The fourth-order valence-corrected chi connectivity index (χ4v) is 2.91. The molecule has 1 aliphatic heterocycles. The summed E-state index contributed by atoms with van der Waals surface area (Å²) in [6, 6.07) is 5.62. The van der Waals surface area contributed by atoms with E-state index in [-0.39, 0.29) is 5.91 Å². The maximum Gasteiger partial charge on any atom is 0.255 e. The first-order valence-corrected chi connectivity index (χ1v) is 7.25. The van der Waals surface area contributed by atoms with Crippen molar-refractivity contribution in [1.29, 1.82) is 0 Å². The number of nitrogens with zero attached hydrogens (tertiary/aromatic N) is 1. The molecule has 2 rings (SSSR count). The number of likely N-dealkylation sites (tertiary alicyclic amines) is 1. The monoisotopic (exact) mass is 280 g/mol. The van der Waals surface area contributed by atoms with E-state index in [0.717, 1.165) is 31.5 Å². The fourth-order valence-electron chi connectivity index (χ4n) is 2.70. The standard InChI is InChI=1S/C15H21ClN2O/c1-11-4-2-6-13(14(11)16)15(19)18-9-3-5-12(10-18)7-8-17/h2,4,6,12H,3,5,7-10,17H2,1H3. The highest BCUT2D eigenvalue weighted by Crippen LogP contribution is 2.25. The van der Waals surface area contributed by atoms with E-state index in [1.165, 1.54) is 6.42 Å². The Morgan fingerprint density at radius 2 is 2.32 bits per heavy atom. The Bertz CT molecular complexity index is 459. The maximum absolute atomic E-state index is 12.5. The Morgan fingerprint density at radius 3 is 3.05 bits per heavy atom. The number of aryl methyl sites for hydroxylation is 1. The summed E-state index contributed by atoms with van der Waals surface area (Å²) in [7, 11) is 0. The molecule has 1 amide bonds. The summed E-state index contributed by atoms with van der Waals surface area (Å²) >= 11 is 6.24. The predicted octanol–water partition coefficient (Wildman–Crippen LogP) is 2.85. The third-order valence-electron chi connectivity index (χ3n) is 3.80. The molecule has 0 aromatic heterocycles. The van der Waals surface area contributed by atoms with Gasteiger partial charge in [-0.2, -0.15) is 0 Å². The predicted molar refractivity (Wildman–Crippen MR) is 78.5 cm³/mol. The Hall–Kier alpha value is -1.06. The van der Waals surface area contributed by atoms with Crippen molar-refractivity contribution >= 4 is 17.5 Å². The molecular formula is C15H21ClN2O. The zero-order chi connectivity index (χ0) is 13.8. The summed E-state index contributed by atoms with van der Waals surface area (Å²) in [5, 5.41) is 0.577. The molecule has 4 heteroatoms. The topological polar surface area (TPSA) is 46.3 Å². The first-order chi connectivity index (χ1) is 9.13. The van der Waals surface area contributed by atoms with Gasteiger partial charge in [-0.25, -0.2) is 0 Å². The van der Waals surface area contributed by atoms with E-state index in [9.17, 15) is 4.79 Å². The van der Waals surface area contributed by atoms with Crippen LogP contribution in [0.2, 0.25) is 5.02 Å². The summed E-state index contributed by atoms with van der Waals surface area (Å²) in [5.74, 6) is 0.585. The van der Waals surface area contributed by atoms with Gasteiger partial charge in [0.05, 0.1) is 10.6 Å². The van der Waals surface area contributed by atoms with Crippen LogP contribution in [0.3, 0.4) is 0 Å². The second-order valence-corrected chi connectivity index (χ2v) is 5.65. The lowest BCUT2D eigenvalue weighted by atomic mass is 9.94. The largest absolute Gasteiger partial charge is 0.338 e. The van der Waals surface area contributed by atoms with Crippen molar-refractivity contribution in [3.63, 3.8) is 0 Å². The number of hydrogen-bond acceptors (Lipinski definition) is 2. The van der Waals surface area contributed by atoms with Gasteiger partial charge >= 0.3 is 0 Å². The lowest BCUT2D eigenvalue weighted by Crippen LogP contribution is -2.40. The molecule has 1 fully saturated rings. The van der Waals surface area contributed by atoms with Gasteiger partial charge in [-0.1, -0.05) is 23.7 Å². The fraction of sp³-hybridized carbons (Fsp3) is 0.533. The third-order valence-corrected chi connectivity index (χ3v) is 4.31. The molecule has 1 aliphatic rings. The van der Waals surface area contributed by atoms with Crippen LogP contribution in [-0.2, 0) is 0 Å². The number of hydrogen-bond donors (Lipinski definition) is 1. The molecular weight excluding hydrogens is 260 g/mol. The summed E-state index contributed by atoms with van der Waals surface area (Å²) in [5.41, 5.74) is 7.18. The van der Waals surface area contributed by atoms with Gasteiger partial charge in [0.25, 0.3) is 5.91 Å². The van der Waals surface area contributed by atoms with Gasteiger partial charge in [-0.05, 0) is 50.3 Å². The molecule has 19 heavy (non-hydrogen) atoms. The van der Waals surface area contributed by atoms with Crippen LogP contribution < -0.4 is 5.73 Å². The van der Waals surface area contributed by atoms with Crippen LogP contribution in [-0.4, -0.2) is 30.4 Å². The van der Waals surface area contributed by atoms with Crippen molar-refractivity contribution in [2.75, 3.05) is 19.6 Å². The van der Waals surface area contributed by atoms with E-state index < -0.39 is 0 Å². The zero-order valence-electron chi connectivity index (χ0n) is 11.4. The second-order valence-electron chi connectivity index (χ2n) is 5.27. The highest BCUT2D eigenvalue weighted by molar-refractivity contribution is 6.34. The molecule has 104 valence electrons. The van der Waals surface area contributed by atoms with Crippen LogP contribution in [0.1, 0.15) is 35.2 Å². The molecule has 0 aliphatic carbocycles. The van der Waals surface area contributed by atoms with Crippen LogP contribution in [0.5, 0.6) is 0 Å². The molecule has 1 atom stereocenters. The van der Waals surface area contributed by atoms with Crippen molar-refractivity contribution in [1.82, 2.24) is 4.90 Å². The number of amides is 1. The number of benzene rings is 1. The van der Waals surface area contributed by atoms with Crippen molar-refractivity contribution < 1.29 is 4.79 Å². The second kappa shape index (κ2) is 6.40. The Kier molecular flexibility index (Phi) is 4.83. The minimum absolute atomic E-state index is 0.0513. The summed E-state index contributed by atoms with van der Waals surface area (Å²) < 4.78 is 0. The number of piperidine rings is 1. The molecule has 2 N–H and O–H groups in total. The lowest BCUT2D eigenvalue weighted by molar-refractivity contribution is 0.0669. The smallest absolute Gasteiger partial charge is 0.255 e. The SMILES string of the molecule is Cc1cccc(C(=O)N2CCCC(CCN)C2)c1Cl. The van der Waals surface area contributed by atoms with Crippen molar-refractivity contribution in [3.8, 4) is 0 Å². The molecule has 1 heterocycles. The molecule has 3 nitrogen and oxygen atoms in total. The minimum atomic E-state index is 0.0513. The molecule has 0 bridgehead atoms. The first-order valence-electron chi connectivity index (χ1n) is 6.88. The zero-order valence-corrected chi connectivity index (χ0v) is 12.1. The summed E-state index contributed by atoms with van der Waals surface area (Å²) in [4.78, 5) is 14.5. The van der Waals surface area contributed by atoms with Crippen LogP contribution in [0.15, 0.2) is 18.2 Å². The molecule has 1 aromatic rings. The van der Waals surface area contributed by atoms with Gasteiger partial charge in [-0.15, -0.1) is 0 Å².